The van der Waals surface area contributed by atoms with E-state index in [4.69, 9.17) is 4.74 Å². The topological polar surface area (TPSA) is 12.5 Å². The first-order chi connectivity index (χ1) is 8.73. The van der Waals surface area contributed by atoms with Gasteiger partial charge in [0.15, 0.2) is 11.7 Å². The second-order valence-corrected chi connectivity index (χ2v) is 5.42. The third-order valence-corrected chi connectivity index (χ3v) is 2.98. The van der Waals surface area contributed by atoms with Crippen LogP contribution in [0.1, 0.15) is 34.6 Å². The lowest BCUT2D eigenvalue weighted by atomic mass is 10.1. The summed E-state index contributed by atoms with van der Waals surface area (Å²) in [5.74, 6) is -1.70. The van der Waals surface area contributed by atoms with Gasteiger partial charge in [0, 0.05) is 13.1 Å². The molecule has 1 saturated heterocycles. The number of halogens is 2. The zero-order valence-corrected chi connectivity index (χ0v) is 12.4. The van der Waals surface area contributed by atoms with E-state index in [1.54, 1.807) is 13.8 Å². The van der Waals surface area contributed by atoms with E-state index in [-0.39, 0.29) is 17.8 Å². The molecule has 2 atom stereocenters. The molecule has 4 heteroatoms. The van der Waals surface area contributed by atoms with Crippen LogP contribution in [-0.4, -0.2) is 30.2 Å². The van der Waals surface area contributed by atoms with Crippen LogP contribution in [-0.2, 0) is 4.74 Å². The minimum Gasteiger partial charge on any atom is -0.372 e. The van der Waals surface area contributed by atoms with Gasteiger partial charge in [-0.05, 0) is 45.8 Å². The van der Waals surface area contributed by atoms with Gasteiger partial charge in [-0.2, -0.15) is 0 Å². The normalized spacial score (nSPS) is 24.9. The smallest absolute Gasteiger partial charge is 0.182 e. The lowest BCUT2D eigenvalue weighted by Crippen LogP contribution is -2.45. The lowest BCUT2D eigenvalue weighted by molar-refractivity contribution is -0.0580. The molecule has 0 aromatic carbocycles. The molecule has 0 radical (unpaired) electrons. The number of nitrogens with zero attached hydrogens (tertiary/aromatic N) is 1. The van der Waals surface area contributed by atoms with Crippen molar-refractivity contribution in [2.24, 2.45) is 0 Å². The summed E-state index contributed by atoms with van der Waals surface area (Å²) in [5.41, 5.74) is 1.17. The molecule has 0 aliphatic carbocycles. The highest BCUT2D eigenvalue weighted by atomic mass is 19.2. The van der Waals surface area contributed by atoms with Crippen molar-refractivity contribution in [3.05, 3.63) is 35.1 Å². The molecule has 0 bridgehead atoms. The molecule has 1 aliphatic rings. The van der Waals surface area contributed by atoms with Gasteiger partial charge in [0.1, 0.15) is 0 Å². The van der Waals surface area contributed by atoms with E-state index in [1.807, 2.05) is 18.7 Å². The van der Waals surface area contributed by atoms with Crippen LogP contribution in [0, 0.1) is 0 Å². The molecule has 2 nitrogen and oxygen atoms in total. The van der Waals surface area contributed by atoms with Gasteiger partial charge < -0.3 is 9.64 Å². The maximum Gasteiger partial charge on any atom is 0.182 e. The number of rotatable bonds is 3. The van der Waals surface area contributed by atoms with E-state index < -0.39 is 11.7 Å². The van der Waals surface area contributed by atoms with Crippen LogP contribution < -0.4 is 0 Å². The maximum atomic E-state index is 14.3. The Morgan fingerprint density at radius 3 is 1.89 bits per heavy atom. The van der Waals surface area contributed by atoms with Crippen LogP contribution in [0.4, 0.5) is 8.78 Å². The summed E-state index contributed by atoms with van der Waals surface area (Å²) in [7, 11) is 0. The minimum atomic E-state index is -0.872. The van der Waals surface area contributed by atoms with Crippen LogP contribution in [0.15, 0.2) is 35.1 Å². The molecule has 108 valence electrons. The Balaban J connectivity index is 3.14. The van der Waals surface area contributed by atoms with E-state index in [0.29, 0.717) is 18.8 Å². The third-order valence-electron chi connectivity index (χ3n) is 2.98. The van der Waals surface area contributed by atoms with Gasteiger partial charge in [-0.3, -0.25) is 0 Å². The van der Waals surface area contributed by atoms with Crippen LogP contribution in [0.5, 0.6) is 0 Å². The Morgan fingerprint density at radius 1 is 1.05 bits per heavy atom. The van der Waals surface area contributed by atoms with Crippen molar-refractivity contribution in [2.75, 3.05) is 13.1 Å². The van der Waals surface area contributed by atoms with E-state index in [1.165, 1.54) is 6.92 Å². The molecule has 0 N–H and O–H groups in total. The summed E-state index contributed by atoms with van der Waals surface area (Å²) in [6.45, 7) is 13.5. The predicted octanol–water partition coefficient (Wildman–Crippen LogP) is 4.12. The van der Waals surface area contributed by atoms with Crippen molar-refractivity contribution < 1.29 is 13.5 Å². The largest absolute Gasteiger partial charge is 0.372 e. The van der Waals surface area contributed by atoms with Crippen molar-refractivity contribution >= 4 is 0 Å². The molecule has 19 heavy (non-hydrogen) atoms. The van der Waals surface area contributed by atoms with Crippen LogP contribution >= 0.6 is 0 Å². The molecule has 1 heterocycles. The van der Waals surface area contributed by atoms with Gasteiger partial charge in [-0.15, -0.1) is 0 Å². The first-order valence-corrected chi connectivity index (χ1v) is 6.53. The molecule has 1 fully saturated rings. The van der Waals surface area contributed by atoms with Crippen molar-refractivity contribution in [1.82, 2.24) is 4.90 Å². The number of hydrogen-bond donors (Lipinski definition) is 0. The summed E-state index contributed by atoms with van der Waals surface area (Å²) in [6, 6.07) is 0. The maximum absolute atomic E-state index is 14.3. The molecular weight excluding hydrogens is 248 g/mol. The number of hydrogen-bond acceptors (Lipinski definition) is 2. The second-order valence-electron chi connectivity index (χ2n) is 5.42. The van der Waals surface area contributed by atoms with E-state index in [0.717, 1.165) is 5.57 Å². The molecule has 1 rings (SSSR count). The van der Waals surface area contributed by atoms with Crippen molar-refractivity contribution in [3.8, 4) is 0 Å². The summed E-state index contributed by atoms with van der Waals surface area (Å²) < 4.78 is 33.7. The van der Waals surface area contributed by atoms with Crippen LogP contribution in [0.25, 0.3) is 0 Å². The molecule has 0 aromatic rings. The molecule has 0 spiro atoms. The van der Waals surface area contributed by atoms with Gasteiger partial charge >= 0.3 is 0 Å². The standard InChI is InChI=1S/C15H23F2NO/c1-9(2)13(16)14(17)15(10(3)4)18-7-11(5)19-12(6)8-18/h11-12H,1,7-8H2,2-6H3/b14-13-. The van der Waals surface area contributed by atoms with Gasteiger partial charge in [0.25, 0.3) is 0 Å². The van der Waals surface area contributed by atoms with E-state index >= 15 is 0 Å². The molecule has 0 amide bonds. The fraction of sp³-hybridized carbons (Fsp3) is 0.600. The SMILES string of the molecule is C=C(C)/C(F)=C(/F)C(=C(C)C)N1CC(C)OC(C)C1. The summed E-state index contributed by atoms with van der Waals surface area (Å²) in [4.78, 5) is 1.85. The quantitative estimate of drug-likeness (QED) is 0.716. The number of ether oxygens (including phenoxy) is 1. The summed E-state index contributed by atoms with van der Waals surface area (Å²) in [6.07, 6.45) is -0.00224. The van der Waals surface area contributed by atoms with Gasteiger partial charge in [-0.25, -0.2) is 8.78 Å². The fourth-order valence-corrected chi connectivity index (χ4v) is 2.33. The highest BCUT2D eigenvalue weighted by Gasteiger charge is 2.27. The zero-order chi connectivity index (χ0) is 14.7. The van der Waals surface area contributed by atoms with Crippen molar-refractivity contribution in [3.63, 3.8) is 0 Å². The minimum absolute atomic E-state index is 0.00112. The van der Waals surface area contributed by atoms with Gasteiger partial charge in [0.2, 0.25) is 0 Å². The highest BCUT2D eigenvalue weighted by Crippen LogP contribution is 2.29. The van der Waals surface area contributed by atoms with Crippen LogP contribution in [0.3, 0.4) is 0 Å². The van der Waals surface area contributed by atoms with Gasteiger partial charge in [0.05, 0.1) is 17.9 Å². The fourth-order valence-electron chi connectivity index (χ4n) is 2.33. The van der Waals surface area contributed by atoms with Crippen molar-refractivity contribution in [1.29, 1.82) is 0 Å². The first-order valence-electron chi connectivity index (χ1n) is 6.53. The zero-order valence-electron chi connectivity index (χ0n) is 12.4. The molecule has 0 aromatic heterocycles. The number of allylic oxidation sites excluding steroid dienone is 4. The third kappa shape index (κ3) is 3.90. The molecular formula is C15H23F2NO. The number of morpholine rings is 1. The first kappa shape index (κ1) is 15.9. The summed E-state index contributed by atoms with van der Waals surface area (Å²) >= 11 is 0. The Kier molecular flexibility index (Phi) is 5.29. The lowest BCUT2D eigenvalue weighted by Gasteiger charge is -2.38. The van der Waals surface area contributed by atoms with E-state index in [9.17, 15) is 8.78 Å². The Hall–Kier alpha value is -1.16. The molecule has 1 aliphatic heterocycles. The highest BCUT2D eigenvalue weighted by molar-refractivity contribution is 5.37. The Labute approximate surface area is 114 Å². The summed E-state index contributed by atoms with van der Waals surface area (Å²) in [5, 5.41) is 0. The molecule has 2 unspecified atom stereocenters. The Morgan fingerprint density at radius 2 is 1.53 bits per heavy atom. The van der Waals surface area contributed by atoms with Crippen LogP contribution in [0.2, 0.25) is 0 Å². The average Bonchev–Trinajstić information content (AvgIpc) is 2.25. The average molecular weight is 271 g/mol. The molecule has 0 saturated carbocycles. The predicted molar refractivity (Wildman–Crippen MR) is 74.0 cm³/mol. The second kappa shape index (κ2) is 6.33. The Bertz CT molecular complexity index is 412. The van der Waals surface area contributed by atoms with Gasteiger partial charge in [-0.1, -0.05) is 6.58 Å². The van der Waals surface area contributed by atoms with Crippen molar-refractivity contribution in [2.45, 2.75) is 46.8 Å². The monoisotopic (exact) mass is 271 g/mol. The van der Waals surface area contributed by atoms with E-state index in [2.05, 4.69) is 6.58 Å².